The Morgan fingerprint density at radius 1 is 1.17 bits per heavy atom. The molecule has 0 spiro atoms. The first kappa shape index (κ1) is 13.9. The van der Waals surface area contributed by atoms with Crippen molar-refractivity contribution in [3.8, 4) is 0 Å². The molecule has 96 valence electrons. The summed E-state index contributed by atoms with van der Waals surface area (Å²) in [5.74, 6) is -1.73. The molecule has 5 nitrogen and oxygen atoms in total. The fourth-order valence-corrected chi connectivity index (χ4v) is 1.54. The van der Waals surface area contributed by atoms with Gasteiger partial charge in [-0.25, -0.2) is 0 Å². The van der Waals surface area contributed by atoms with Crippen LogP contribution >= 0.6 is 0 Å². The maximum atomic E-state index is 11.6. The monoisotopic (exact) mass is 250 g/mol. The molecule has 0 radical (unpaired) electrons. The Hall–Kier alpha value is -2.17. The van der Waals surface area contributed by atoms with E-state index >= 15 is 0 Å². The van der Waals surface area contributed by atoms with Crippen molar-refractivity contribution in [3.05, 3.63) is 35.4 Å². The van der Waals surface area contributed by atoms with Gasteiger partial charge in [0.05, 0.1) is 26.6 Å². The van der Waals surface area contributed by atoms with E-state index in [0.717, 1.165) is 0 Å². The van der Waals surface area contributed by atoms with Crippen LogP contribution in [0.1, 0.15) is 28.3 Å². The largest absolute Gasteiger partial charge is 0.469 e. The fourth-order valence-electron chi connectivity index (χ4n) is 1.54. The van der Waals surface area contributed by atoms with Gasteiger partial charge in [0, 0.05) is 5.56 Å². The Bertz CT molecular complexity index is 435. The third kappa shape index (κ3) is 3.41. The number of ether oxygens (including phenoxy) is 2. The average Bonchev–Trinajstić information content (AvgIpc) is 2.43. The van der Waals surface area contributed by atoms with Crippen LogP contribution in [0.4, 0.5) is 0 Å². The van der Waals surface area contributed by atoms with E-state index in [1.165, 1.54) is 14.2 Å². The van der Waals surface area contributed by atoms with Crippen LogP contribution in [-0.4, -0.2) is 32.4 Å². The predicted octanol–water partition coefficient (Wildman–Crippen LogP) is 1.32. The second kappa shape index (κ2) is 6.54. The highest BCUT2D eigenvalue weighted by Gasteiger charge is 2.24. The van der Waals surface area contributed by atoms with Crippen LogP contribution in [0.25, 0.3) is 0 Å². The molecule has 18 heavy (non-hydrogen) atoms. The number of hydrogen-bond donors (Lipinski definition) is 0. The molecule has 0 amide bonds. The molecule has 0 saturated carbocycles. The van der Waals surface area contributed by atoms with Gasteiger partial charge in [0.25, 0.3) is 0 Å². The lowest BCUT2D eigenvalue weighted by molar-refractivity contribution is -0.149. The van der Waals surface area contributed by atoms with E-state index in [2.05, 4.69) is 9.47 Å². The van der Waals surface area contributed by atoms with Crippen molar-refractivity contribution in [3.63, 3.8) is 0 Å². The van der Waals surface area contributed by atoms with Crippen LogP contribution < -0.4 is 0 Å². The van der Waals surface area contributed by atoms with E-state index in [4.69, 9.17) is 0 Å². The number of hydrogen-bond acceptors (Lipinski definition) is 5. The van der Waals surface area contributed by atoms with Crippen LogP contribution in [0.15, 0.2) is 24.3 Å². The van der Waals surface area contributed by atoms with Crippen LogP contribution in [0.2, 0.25) is 0 Å². The van der Waals surface area contributed by atoms with Crippen molar-refractivity contribution in [1.29, 1.82) is 0 Å². The Morgan fingerprint density at radius 3 is 2.22 bits per heavy atom. The highest BCUT2D eigenvalue weighted by Crippen LogP contribution is 2.22. The Labute approximate surface area is 105 Å². The first-order valence-corrected chi connectivity index (χ1v) is 5.32. The lowest BCUT2D eigenvalue weighted by atomic mass is 9.95. The average molecular weight is 250 g/mol. The van der Waals surface area contributed by atoms with E-state index in [0.29, 0.717) is 17.4 Å². The van der Waals surface area contributed by atoms with Crippen LogP contribution in [0.3, 0.4) is 0 Å². The van der Waals surface area contributed by atoms with E-state index in [1.807, 2.05) is 0 Å². The molecule has 0 aliphatic rings. The molecule has 1 unspecified atom stereocenters. The minimum atomic E-state index is -0.719. The molecule has 0 heterocycles. The topological polar surface area (TPSA) is 69.7 Å². The van der Waals surface area contributed by atoms with Crippen molar-refractivity contribution < 1.29 is 23.9 Å². The summed E-state index contributed by atoms with van der Waals surface area (Å²) < 4.78 is 9.19. The van der Waals surface area contributed by atoms with Crippen molar-refractivity contribution in [2.45, 2.75) is 12.3 Å². The van der Waals surface area contributed by atoms with E-state index in [9.17, 15) is 14.4 Å². The molecule has 0 aromatic heterocycles. The smallest absolute Gasteiger partial charge is 0.313 e. The lowest BCUT2D eigenvalue weighted by Gasteiger charge is -2.13. The third-order valence-corrected chi connectivity index (χ3v) is 2.56. The molecular formula is C13H14O5. The first-order valence-electron chi connectivity index (χ1n) is 5.32. The Morgan fingerprint density at radius 2 is 1.78 bits per heavy atom. The summed E-state index contributed by atoms with van der Waals surface area (Å²) in [5, 5.41) is 0. The number of carbonyl (C=O) groups is 3. The molecule has 5 heteroatoms. The summed E-state index contributed by atoms with van der Waals surface area (Å²) in [6, 6.07) is 6.40. The van der Waals surface area contributed by atoms with Gasteiger partial charge in [0.2, 0.25) is 0 Å². The SMILES string of the molecule is COC(=O)CC(C(=O)OC)c1ccc(C=O)cc1. The van der Waals surface area contributed by atoms with Gasteiger partial charge in [-0.15, -0.1) is 0 Å². The number of rotatable bonds is 5. The zero-order valence-electron chi connectivity index (χ0n) is 10.2. The van der Waals surface area contributed by atoms with Crippen LogP contribution in [0.5, 0.6) is 0 Å². The first-order chi connectivity index (χ1) is 8.62. The lowest BCUT2D eigenvalue weighted by Crippen LogP contribution is -2.18. The molecule has 0 fully saturated rings. The molecule has 0 aliphatic carbocycles. The summed E-state index contributed by atoms with van der Waals surface area (Å²) in [4.78, 5) is 33.4. The molecule has 1 rings (SSSR count). The Kier molecular flexibility index (Phi) is 5.05. The van der Waals surface area contributed by atoms with Crippen molar-refractivity contribution in [2.75, 3.05) is 14.2 Å². The van der Waals surface area contributed by atoms with Gasteiger partial charge in [0.1, 0.15) is 6.29 Å². The maximum Gasteiger partial charge on any atom is 0.313 e. The fraction of sp³-hybridized carbons (Fsp3) is 0.308. The molecule has 0 aliphatic heterocycles. The van der Waals surface area contributed by atoms with E-state index in [1.54, 1.807) is 24.3 Å². The third-order valence-electron chi connectivity index (χ3n) is 2.56. The van der Waals surface area contributed by atoms with Gasteiger partial charge in [-0.05, 0) is 5.56 Å². The zero-order valence-corrected chi connectivity index (χ0v) is 10.2. The van der Waals surface area contributed by atoms with Crippen LogP contribution in [0, 0.1) is 0 Å². The minimum Gasteiger partial charge on any atom is -0.469 e. The maximum absolute atomic E-state index is 11.6. The molecule has 1 aromatic rings. The van der Waals surface area contributed by atoms with Gasteiger partial charge in [-0.3, -0.25) is 14.4 Å². The normalized spacial score (nSPS) is 11.4. The molecule has 0 bridgehead atoms. The summed E-state index contributed by atoms with van der Waals surface area (Å²) in [6.07, 6.45) is 0.612. The summed E-state index contributed by atoms with van der Waals surface area (Å²) in [7, 11) is 2.51. The highest BCUT2D eigenvalue weighted by molar-refractivity contribution is 5.84. The van der Waals surface area contributed by atoms with E-state index in [-0.39, 0.29) is 6.42 Å². The molecule has 0 N–H and O–H groups in total. The predicted molar refractivity (Wildman–Crippen MR) is 63.2 cm³/mol. The summed E-state index contributed by atoms with van der Waals surface area (Å²) in [5.41, 5.74) is 1.11. The van der Waals surface area contributed by atoms with Gasteiger partial charge < -0.3 is 9.47 Å². The summed E-state index contributed by atoms with van der Waals surface area (Å²) >= 11 is 0. The zero-order chi connectivity index (χ0) is 13.5. The molecular weight excluding hydrogens is 236 g/mol. The van der Waals surface area contributed by atoms with Gasteiger partial charge in [-0.2, -0.15) is 0 Å². The minimum absolute atomic E-state index is 0.0936. The van der Waals surface area contributed by atoms with Crippen molar-refractivity contribution in [1.82, 2.24) is 0 Å². The number of methoxy groups -OCH3 is 2. The van der Waals surface area contributed by atoms with Crippen LogP contribution in [-0.2, 0) is 19.1 Å². The number of esters is 2. The van der Waals surface area contributed by atoms with Gasteiger partial charge in [0.15, 0.2) is 0 Å². The van der Waals surface area contributed by atoms with Crippen molar-refractivity contribution in [2.24, 2.45) is 0 Å². The Balaban J connectivity index is 2.97. The number of benzene rings is 1. The second-order valence-electron chi connectivity index (χ2n) is 3.64. The van der Waals surface area contributed by atoms with Gasteiger partial charge in [-0.1, -0.05) is 24.3 Å². The number of carbonyl (C=O) groups excluding carboxylic acids is 3. The number of aldehydes is 1. The molecule has 0 saturated heterocycles. The second-order valence-corrected chi connectivity index (χ2v) is 3.64. The van der Waals surface area contributed by atoms with Crippen molar-refractivity contribution >= 4 is 18.2 Å². The molecule has 1 aromatic carbocycles. The quantitative estimate of drug-likeness (QED) is 0.582. The summed E-state index contributed by atoms with van der Waals surface area (Å²) in [6.45, 7) is 0. The standard InChI is InChI=1S/C13H14O5/c1-17-12(15)7-11(13(16)18-2)10-5-3-9(8-14)4-6-10/h3-6,8,11H,7H2,1-2H3. The van der Waals surface area contributed by atoms with E-state index < -0.39 is 17.9 Å². The highest BCUT2D eigenvalue weighted by atomic mass is 16.5. The van der Waals surface area contributed by atoms with Gasteiger partial charge >= 0.3 is 11.9 Å². The molecule has 1 atom stereocenters.